The van der Waals surface area contributed by atoms with Crippen molar-refractivity contribution in [3.8, 4) is 11.1 Å². The Kier molecular flexibility index (Phi) is 4.79. The van der Waals surface area contributed by atoms with Crippen LogP contribution in [-0.2, 0) is 6.54 Å². The van der Waals surface area contributed by atoms with Gasteiger partial charge in [0.25, 0.3) is 0 Å². The van der Waals surface area contributed by atoms with E-state index in [-0.39, 0.29) is 5.82 Å². The van der Waals surface area contributed by atoms with Gasteiger partial charge >= 0.3 is 0 Å². The number of halogens is 2. The topological polar surface area (TPSA) is 12.0 Å². The highest BCUT2D eigenvalue weighted by molar-refractivity contribution is 6.30. The minimum Gasteiger partial charge on any atom is -0.310 e. The van der Waals surface area contributed by atoms with E-state index in [0.29, 0.717) is 16.6 Å². The molecule has 0 aliphatic carbocycles. The molecule has 1 N–H and O–H groups in total. The summed E-state index contributed by atoms with van der Waals surface area (Å²) >= 11 is 5.81. The van der Waals surface area contributed by atoms with Crippen LogP contribution in [0.4, 0.5) is 4.39 Å². The van der Waals surface area contributed by atoms with Crippen LogP contribution in [0.3, 0.4) is 0 Å². The first-order valence-electron chi connectivity index (χ1n) is 6.75. The Bertz CT molecular complexity index is 608. The van der Waals surface area contributed by atoms with Gasteiger partial charge in [0.1, 0.15) is 5.82 Å². The number of aryl methyl sites for hydroxylation is 1. The zero-order valence-electron chi connectivity index (χ0n) is 12.0. The van der Waals surface area contributed by atoms with Crippen LogP contribution < -0.4 is 5.32 Å². The van der Waals surface area contributed by atoms with E-state index >= 15 is 0 Å². The van der Waals surface area contributed by atoms with Crippen molar-refractivity contribution in [3.05, 3.63) is 58.4 Å². The summed E-state index contributed by atoms with van der Waals surface area (Å²) in [7, 11) is 0. The van der Waals surface area contributed by atoms with Crippen LogP contribution in [0.2, 0.25) is 5.02 Å². The summed E-state index contributed by atoms with van der Waals surface area (Å²) in [5, 5.41) is 3.79. The molecule has 20 heavy (non-hydrogen) atoms. The number of benzene rings is 2. The quantitative estimate of drug-likeness (QED) is 0.840. The third-order valence-corrected chi connectivity index (χ3v) is 3.47. The van der Waals surface area contributed by atoms with Gasteiger partial charge in [-0.3, -0.25) is 0 Å². The zero-order valence-corrected chi connectivity index (χ0v) is 12.8. The van der Waals surface area contributed by atoms with Gasteiger partial charge in [-0.2, -0.15) is 0 Å². The Labute approximate surface area is 124 Å². The van der Waals surface area contributed by atoms with Crippen LogP contribution in [0.1, 0.15) is 25.0 Å². The lowest BCUT2D eigenvalue weighted by Gasteiger charge is -2.12. The molecule has 0 aliphatic heterocycles. The van der Waals surface area contributed by atoms with Crippen molar-refractivity contribution in [2.24, 2.45) is 0 Å². The van der Waals surface area contributed by atoms with E-state index in [1.807, 2.05) is 19.1 Å². The molecular formula is C17H19ClFN. The van der Waals surface area contributed by atoms with Gasteiger partial charge in [0.15, 0.2) is 0 Å². The fraction of sp³-hybridized carbons (Fsp3) is 0.294. The number of rotatable bonds is 4. The predicted octanol–water partition coefficient (Wildman–Crippen LogP) is 4.95. The van der Waals surface area contributed by atoms with E-state index < -0.39 is 0 Å². The first kappa shape index (κ1) is 15.0. The molecule has 0 heterocycles. The molecule has 0 fully saturated rings. The monoisotopic (exact) mass is 291 g/mol. The lowest BCUT2D eigenvalue weighted by atomic mass is 9.97. The minimum atomic E-state index is -0.283. The highest BCUT2D eigenvalue weighted by Gasteiger charge is 2.09. The maximum absolute atomic E-state index is 14.1. The second kappa shape index (κ2) is 6.38. The molecule has 0 aliphatic rings. The summed E-state index contributed by atoms with van der Waals surface area (Å²) in [5.41, 5.74) is 3.72. The molecule has 3 heteroatoms. The predicted molar refractivity (Wildman–Crippen MR) is 83.6 cm³/mol. The van der Waals surface area contributed by atoms with Gasteiger partial charge in [0, 0.05) is 23.2 Å². The molecule has 2 aromatic rings. The first-order chi connectivity index (χ1) is 9.47. The molecule has 2 rings (SSSR count). The van der Waals surface area contributed by atoms with E-state index in [1.54, 1.807) is 12.1 Å². The molecule has 0 aromatic heterocycles. The van der Waals surface area contributed by atoms with Gasteiger partial charge in [-0.05, 0) is 47.9 Å². The Balaban J connectivity index is 2.37. The Morgan fingerprint density at radius 1 is 1.10 bits per heavy atom. The molecule has 0 saturated heterocycles. The summed E-state index contributed by atoms with van der Waals surface area (Å²) < 4.78 is 14.1. The van der Waals surface area contributed by atoms with Crippen LogP contribution in [0.25, 0.3) is 11.1 Å². The van der Waals surface area contributed by atoms with Gasteiger partial charge in [0.05, 0.1) is 0 Å². The maximum Gasteiger partial charge on any atom is 0.132 e. The van der Waals surface area contributed by atoms with Crippen molar-refractivity contribution in [2.45, 2.75) is 33.4 Å². The highest BCUT2D eigenvalue weighted by Crippen LogP contribution is 2.29. The van der Waals surface area contributed by atoms with E-state index in [4.69, 9.17) is 11.6 Å². The number of nitrogens with one attached hydrogen (secondary N) is 1. The summed E-state index contributed by atoms with van der Waals surface area (Å²) in [6.07, 6.45) is 0. The van der Waals surface area contributed by atoms with Gasteiger partial charge in [-0.25, -0.2) is 4.39 Å². The van der Waals surface area contributed by atoms with Crippen molar-refractivity contribution >= 4 is 11.6 Å². The summed E-state index contributed by atoms with van der Waals surface area (Å²) in [5.74, 6) is -0.283. The molecule has 0 unspecified atom stereocenters. The summed E-state index contributed by atoms with van der Waals surface area (Å²) in [6, 6.07) is 11.4. The first-order valence-corrected chi connectivity index (χ1v) is 7.13. The maximum atomic E-state index is 14.1. The van der Waals surface area contributed by atoms with E-state index in [1.165, 1.54) is 6.07 Å². The summed E-state index contributed by atoms with van der Waals surface area (Å²) in [6.45, 7) is 6.98. The van der Waals surface area contributed by atoms with Crippen molar-refractivity contribution in [1.29, 1.82) is 0 Å². The molecule has 0 bridgehead atoms. The van der Waals surface area contributed by atoms with E-state index in [2.05, 4.69) is 25.2 Å². The average Bonchev–Trinajstić information content (AvgIpc) is 2.38. The largest absolute Gasteiger partial charge is 0.310 e. The molecule has 0 spiro atoms. The molecule has 106 valence electrons. The highest BCUT2D eigenvalue weighted by atomic mass is 35.5. The normalized spacial score (nSPS) is 11.1. The average molecular weight is 292 g/mol. The SMILES string of the molecule is Cc1ccc(CNC(C)C)cc1-c1ccc(Cl)cc1F. The van der Waals surface area contributed by atoms with Crippen molar-refractivity contribution < 1.29 is 4.39 Å². The van der Waals surface area contributed by atoms with Gasteiger partial charge in [-0.15, -0.1) is 0 Å². The Hall–Kier alpha value is -1.38. The van der Waals surface area contributed by atoms with E-state index in [0.717, 1.165) is 23.2 Å². The fourth-order valence-corrected chi connectivity index (χ4v) is 2.26. The van der Waals surface area contributed by atoms with Gasteiger partial charge in [-0.1, -0.05) is 37.6 Å². The summed E-state index contributed by atoms with van der Waals surface area (Å²) in [4.78, 5) is 0. The Morgan fingerprint density at radius 3 is 2.50 bits per heavy atom. The third-order valence-electron chi connectivity index (χ3n) is 3.24. The number of hydrogen-bond donors (Lipinski definition) is 1. The minimum absolute atomic E-state index is 0.283. The van der Waals surface area contributed by atoms with Crippen LogP contribution in [0.5, 0.6) is 0 Å². The third kappa shape index (κ3) is 3.59. The molecule has 0 atom stereocenters. The Morgan fingerprint density at radius 2 is 1.85 bits per heavy atom. The standard InChI is InChI=1S/C17H19ClFN/c1-11(2)20-10-13-5-4-12(3)16(8-13)15-7-6-14(18)9-17(15)19/h4-9,11,20H,10H2,1-3H3. The van der Waals surface area contributed by atoms with Crippen LogP contribution in [-0.4, -0.2) is 6.04 Å². The second-order valence-corrected chi connectivity index (χ2v) is 5.75. The fourth-order valence-electron chi connectivity index (χ4n) is 2.10. The number of hydrogen-bond acceptors (Lipinski definition) is 1. The van der Waals surface area contributed by atoms with Gasteiger partial charge in [0.2, 0.25) is 0 Å². The van der Waals surface area contributed by atoms with Gasteiger partial charge < -0.3 is 5.32 Å². The molecule has 0 radical (unpaired) electrons. The van der Waals surface area contributed by atoms with Crippen LogP contribution in [0.15, 0.2) is 36.4 Å². The van der Waals surface area contributed by atoms with E-state index in [9.17, 15) is 4.39 Å². The second-order valence-electron chi connectivity index (χ2n) is 5.31. The molecule has 1 nitrogen and oxygen atoms in total. The zero-order chi connectivity index (χ0) is 14.7. The van der Waals surface area contributed by atoms with Crippen molar-refractivity contribution in [3.63, 3.8) is 0 Å². The molecule has 2 aromatic carbocycles. The molecule has 0 amide bonds. The smallest absolute Gasteiger partial charge is 0.132 e. The molecule has 0 saturated carbocycles. The lowest BCUT2D eigenvalue weighted by molar-refractivity contribution is 0.589. The lowest BCUT2D eigenvalue weighted by Crippen LogP contribution is -2.21. The molecular weight excluding hydrogens is 273 g/mol. The van der Waals surface area contributed by atoms with Crippen LogP contribution >= 0.6 is 11.6 Å². The van der Waals surface area contributed by atoms with Crippen molar-refractivity contribution in [2.75, 3.05) is 0 Å². The van der Waals surface area contributed by atoms with Crippen molar-refractivity contribution in [1.82, 2.24) is 5.32 Å². The van der Waals surface area contributed by atoms with Crippen LogP contribution in [0, 0.1) is 12.7 Å².